The third-order valence-corrected chi connectivity index (χ3v) is 3.33. The van der Waals surface area contributed by atoms with E-state index in [4.69, 9.17) is 14.2 Å². The summed E-state index contributed by atoms with van der Waals surface area (Å²) in [6.45, 7) is 7.45. The predicted molar refractivity (Wildman–Crippen MR) is 84.6 cm³/mol. The van der Waals surface area contributed by atoms with Crippen LogP contribution in [0.15, 0.2) is 52.2 Å². The van der Waals surface area contributed by atoms with Crippen LogP contribution in [0.4, 0.5) is 0 Å². The molecule has 0 aromatic heterocycles. The summed E-state index contributed by atoms with van der Waals surface area (Å²) < 4.78 is 17.5. The van der Waals surface area contributed by atoms with Gasteiger partial charge in [-0.3, -0.25) is 0 Å². The largest absolute Gasteiger partial charge is 0.489 e. The van der Waals surface area contributed by atoms with Gasteiger partial charge >= 0.3 is 0 Å². The fraction of sp³-hybridized carbons (Fsp3) is 0.444. The first-order chi connectivity index (χ1) is 10.8. The molecule has 0 atom stereocenters. The molecule has 0 bridgehead atoms. The lowest BCUT2D eigenvalue weighted by Gasteiger charge is -2.13. The Hall–Kier alpha value is -2.19. The van der Waals surface area contributed by atoms with Gasteiger partial charge < -0.3 is 14.2 Å². The average Bonchev–Trinajstić information content (AvgIpc) is 2.69. The Labute approximate surface area is 131 Å². The first kappa shape index (κ1) is 16.2. The summed E-state index contributed by atoms with van der Waals surface area (Å²) in [5, 5.41) is 0. The van der Waals surface area contributed by atoms with Crippen LogP contribution in [0.25, 0.3) is 0 Å². The van der Waals surface area contributed by atoms with Crippen LogP contribution in [0.1, 0.15) is 33.6 Å². The minimum Gasteiger partial charge on any atom is -0.489 e. The van der Waals surface area contributed by atoms with Crippen molar-refractivity contribution >= 4 is 5.94 Å². The summed E-state index contributed by atoms with van der Waals surface area (Å²) in [6.07, 6.45) is 7.19. The fourth-order valence-electron chi connectivity index (χ4n) is 2.48. The summed E-state index contributed by atoms with van der Waals surface area (Å²) in [7, 11) is 0. The number of allylic oxidation sites excluding steroid dienone is 5. The third kappa shape index (κ3) is 3.02. The van der Waals surface area contributed by atoms with Crippen LogP contribution in [0, 0.1) is 0 Å². The van der Waals surface area contributed by atoms with E-state index in [1.165, 1.54) is 0 Å². The van der Waals surface area contributed by atoms with Crippen molar-refractivity contribution in [1.29, 1.82) is 0 Å². The molecular formula is C18H22O4. The Morgan fingerprint density at radius 1 is 1.05 bits per heavy atom. The van der Waals surface area contributed by atoms with Crippen molar-refractivity contribution in [2.24, 2.45) is 0 Å². The summed E-state index contributed by atoms with van der Waals surface area (Å²) in [4.78, 5) is 11.4. The van der Waals surface area contributed by atoms with Gasteiger partial charge in [-0.2, -0.15) is 0 Å². The van der Waals surface area contributed by atoms with Crippen LogP contribution in [0.5, 0.6) is 0 Å². The Balaban J connectivity index is 2.59. The predicted octanol–water partition coefficient (Wildman–Crippen LogP) is 3.61. The number of carbonyl (C=O) groups excluding carboxylic acids is 1. The molecule has 0 aromatic rings. The number of rotatable bonds is 7. The molecular weight excluding hydrogens is 280 g/mol. The van der Waals surface area contributed by atoms with Crippen molar-refractivity contribution in [2.45, 2.75) is 33.6 Å². The molecule has 0 spiro atoms. The minimum absolute atomic E-state index is 0.490. The normalized spacial score (nSPS) is 17.0. The van der Waals surface area contributed by atoms with Gasteiger partial charge in [-0.25, -0.2) is 4.79 Å². The first-order valence-electron chi connectivity index (χ1n) is 7.77. The third-order valence-electron chi connectivity index (χ3n) is 3.33. The topological polar surface area (TPSA) is 44.8 Å². The first-order valence-corrected chi connectivity index (χ1v) is 7.77. The number of fused-ring (bicyclic) bond motifs is 1. The van der Waals surface area contributed by atoms with Gasteiger partial charge in [0.05, 0.1) is 25.4 Å². The molecule has 0 unspecified atom stereocenters. The molecule has 0 radical (unpaired) electrons. The second-order valence-electron chi connectivity index (χ2n) is 4.87. The molecule has 0 amide bonds. The maximum absolute atomic E-state index is 11.4. The lowest BCUT2D eigenvalue weighted by molar-refractivity contribution is 0.137. The van der Waals surface area contributed by atoms with Gasteiger partial charge in [0.1, 0.15) is 5.94 Å². The van der Waals surface area contributed by atoms with E-state index >= 15 is 0 Å². The molecule has 2 aliphatic rings. The zero-order chi connectivity index (χ0) is 15.9. The van der Waals surface area contributed by atoms with Crippen LogP contribution >= 0.6 is 0 Å². The number of hydrogen-bond acceptors (Lipinski definition) is 4. The van der Waals surface area contributed by atoms with E-state index in [0.717, 1.165) is 17.6 Å². The molecule has 0 heterocycles. The highest BCUT2D eigenvalue weighted by Crippen LogP contribution is 2.43. The summed E-state index contributed by atoms with van der Waals surface area (Å²) in [6, 6.07) is 0. The molecule has 0 saturated heterocycles. The van der Waals surface area contributed by atoms with Gasteiger partial charge in [0.15, 0.2) is 11.5 Å². The second kappa shape index (κ2) is 7.71. The SMILES string of the molecule is CCCOC1=C(OCC)C2=CC=CCC(=C=O)C2=C1OCC. The van der Waals surface area contributed by atoms with Crippen molar-refractivity contribution in [3.8, 4) is 0 Å². The van der Waals surface area contributed by atoms with Crippen molar-refractivity contribution < 1.29 is 19.0 Å². The molecule has 2 aliphatic carbocycles. The molecule has 4 nitrogen and oxygen atoms in total. The molecule has 0 fully saturated rings. The summed E-state index contributed by atoms with van der Waals surface area (Å²) in [5.41, 5.74) is 2.15. The highest BCUT2D eigenvalue weighted by molar-refractivity contribution is 5.75. The van der Waals surface area contributed by atoms with Gasteiger partial charge in [-0.1, -0.05) is 25.2 Å². The van der Waals surface area contributed by atoms with E-state index in [1.807, 2.05) is 44.9 Å². The molecule has 22 heavy (non-hydrogen) atoms. The molecule has 0 aromatic carbocycles. The van der Waals surface area contributed by atoms with E-state index in [-0.39, 0.29) is 0 Å². The summed E-state index contributed by atoms with van der Waals surface area (Å²) >= 11 is 0. The molecule has 2 rings (SSSR count). The van der Waals surface area contributed by atoms with Crippen LogP contribution in [0.2, 0.25) is 0 Å². The van der Waals surface area contributed by atoms with Gasteiger partial charge in [0.25, 0.3) is 0 Å². The van der Waals surface area contributed by atoms with Crippen molar-refractivity contribution in [1.82, 2.24) is 0 Å². The van der Waals surface area contributed by atoms with Gasteiger partial charge in [-0.05, 0) is 20.3 Å². The highest BCUT2D eigenvalue weighted by Gasteiger charge is 2.36. The smallest absolute Gasteiger partial charge is 0.204 e. The standard InChI is InChI=1S/C18H22O4/c1-4-11-22-18-16(20-5-2)14-10-8-7-9-13(12-19)15(14)17(18)21-6-3/h7-8,10H,4-6,9,11H2,1-3H3. The molecule has 118 valence electrons. The summed E-state index contributed by atoms with van der Waals surface area (Å²) in [5.74, 6) is 3.87. The molecule has 0 N–H and O–H groups in total. The Kier molecular flexibility index (Phi) is 5.68. The van der Waals surface area contributed by atoms with Crippen molar-refractivity contribution in [3.63, 3.8) is 0 Å². The molecule has 0 saturated carbocycles. The average molecular weight is 302 g/mol. The number of ether oxygens (including phenoxy) is 3. The maximum atomic E-state index is 11.4. The van der Waals surface area contributed by atoms with Gasteiger partial charge in [0, 0.05) is 17.6 Å². The van der Waals surface area contributed by atoms with Crippen LogP contribution in [-0.4, -0.2) is 25.8 Å². The van der Waals surface area contributed by atoms with Gasteiger partial charge in [-0.15, -0.1) is 0 Å². The van der Waals surface area contributed by atoms with Crippen LogP contribution in [0.3, 0.4) is 0 Å². The van der Waals surface area contributed by atoms with E-state index < -0.39 is 0 Å². The lowest BCUT2D eigenvalue weighted by Crippen LogP contribution is -2.04. The van der Waals surface area contributed by atoms with Gasteiger partial charge in [0.2, 0.25) is 5.76 Å². The Morgan fingerprint density at radius 2 is 1.77 bits per heavy atom. The second-order valence-corrected chi connectivity index (χ2v) is 4.87. The zero-order valence-electron chi connectivity index (χ0n) is 13.4. The fourth-order valence-corrected chi connectivity index (χ4v) is 2.48. The molecule has 4 heteroatoms. The van der Waals surface area contributed by atoms with Crippen molar-refractivity contribution in [2.75, 3.05) is 19.8 Å². The van der Waals surface area contributed by atoms with E-state index in [0.29, 0.717) is 49.1 Å². The highest BCUT2D eigenvalue weighted by atomic mass is 16.5. The Morgan fingerprint density at radius 3 is 2.41 bits per heavy atom. The van der Waals surface area contributed by atoms with Crippen LogP contribution < -0.4 is 0 Å². The lowest BCUT2D eigenvalue weighted by atomic mass is 10.00. The quantitative estimate of drug-likeness (QED) is 0.674. The van der Waals surface area contributed by atoms with Crippen molar-refractivity contribution in [3.05, 3.63) is 52.2 Å². The number of hydrogen-bond donors (Lipinski definition) is 0. The Bertz CT molecular complexity index is 599. The minimum atomic E-state index is 0.490. The zero-order valence-corrected chi connectivity index (χ0v) is 13.4. The van der Waals surface area contributed by atoms with E-state index in [2.05, 4.69) is 0 Å². The monoisotopic (exact) mass is 302 g/mol. The molecule has 0 aliphatic heterocycles. The van der Waals surface area contributed by atoms with E-state index in [1.54, 1.807) is 0 Å². The van der Waals surface area contributed by atoms with Crippen LogP contribution in [-0.2, 0) is 19.0 Å². The maximum Gasteiger partial charge on any atom is 0.204 e. The van der Waals surface area contributed by atoms with E-state index in [9.17, 15) is 4.79 Å².